The molecule has 1 amide bonds. The van der Waals surface area contributed by atoms with Crippen LogP contribution in [-0.4, -0.2) is 75.2 Å². The Morgan fingerprint density at radius 1 is 1.06 bits per heavy atom. The number of hydroxylamine groups is 2. The second-order valence-corrected chi connectivity index (χ2v) is 8.46. The SMILES string of the molecule is CCCC[C@@H](C(=O)N(C)[C@@H](Cc1cccnc1)C(=O)O)N(C)OC(=O)[C@@H](N)Cc1ccc(O)cc1. The molecule has 0 spiro atoms. The number of pyridine rings is 1. The largest absolute Gasteiger partial charge is 0.508 e. The molecule has 0 bridgehead atoms. The van der Waals surface area contributed by atoms with Crippen molar-refractivity contribution in [2.75, 3.05) is 14.1 Å². The minimum atomic E-state index is -1.14. The molecule has 0 aliphatic heterocycles. The van der Waals surface area contributed by atoms with E-state index >= 15 is 0 Å². The quantitative estimate of drug-likeness (QED) is 0.360. The number of carbonyl (C=O) groups excluding carboxylic acids is 2. The first kappa shape index (κ1) is 27.7. The van der Waals surface area contributed by atoms with Crippen LogP contribution >= 0.6 is 0 Å². The van der Waals surface area contributed by atoms with Crippen molar-refractivity contribution < 1.29 is 29.4 Å². The lowest BCUT2D eigenvalue weighted by Crippen LogP contribution is -2.53. The number of hydrogen-bond donors (Lipinski definition) is 3. The molecule has 0 radical (unpaired) electrons. The molecule has 1 aromatic heterocycles. The summed E-state index contributed by atoms with van der Waals surface area (Å²) < 4.78 is 0. The highest BCUT2D eigenvalue weighted by Crippen LogP contribution is 2.16. The van der Waals surface area contributed by atoms with E-state index in [0.29, 0.717) is 18.4 Å². The van der Waals surface area contributed by atoms with Gasteiger partial charge in [-0.3, -0.25) is 9.78 Å². The molecule has 0 saturated heterocycles. The Balaban J connectivity index is 2.10. The number of amides is 1. The number of carboxylic acids is 1. The van der Waals surface area contributed by atoms with E-state index in [2.05, 4.69) is 4.98 Å². The highest BCUT2D eigenvalue weighted by molar-refractivity contribution is 5.87. The van der Waals surface area contributed by atoms with Crippen LogP contribution in [0.2, 0.25) is 0 Å². The number of nitrogens with zero attached hydrogens (tertiary/aromatic N) is 3. The monoisotopic (exact) mass is 486 g/mol. The van der Waals surface area contributed by atoms with Gasteiger partial charge < -0.3 is 25.7 Å². The van der Waals surface area contributed by atoms with E-state index in [9.17, 15) is 24.6 Å². The van der Waals surface area contributed by atoms with Gasteiger partial charge in [0, 0.05) is 32.9 Å². The summed E-state index contributed by atoms with van der Waals surface area (Å²) in [4.78, 5) is 48.5. The molecule has 0 saturated carbocycles. The van der Waals surface area contributed by atoms with Gasteiger partial charge in [-0.15, -0.1) is 5.06 Å². The lowest BCUT2D eigenvalue weighted by Gasteiger charge is -2.32. The summed E-state index contributed by atoms with van der Waals surface area (Å²) in [6.45, 7) is 1.97. The topological polar surface area (TPSA) is 146 Å². The van der Waals surface area contributed by atoms with Crippen LogP contribution in [0, 0.1) is 0 Å². The number of aromatic nitrogens is 1. The zero-order chi connectivity index (χ0) is 26.0. The number of aromatic hydroxyl groups is 1. The second kappa shape index (κ2) is 13.4. The Labute approximate surface area is 205 Å². The fourth-order valence-corrected chi connectivity index (χ4v) is 3.62. The number of phenols is 1. The van der Waals surface area contributed by atoms with Crippen LogP contribution in [0.15, 0.2) is 48.8 Å². The van der Waals surface area contributed by atoms with Crippen molar-refractivity contribution in [3.05, 3.63) is 59.9 Å². The van der Waals surface area contributed by atoms with E-state index in [0.717, 1.165) is 17.0 Å². The molecule has 0 fully saturated rings. The van der Waals surface area contributed by atoms with E-state index in [1.807, 2.05) is 6.92 Å². The lowest BCUT2D eigenvalue weighted by molar-refractivity contribution is -0.200. The van der Waals surface area contributed by atoms with E-state index in [-0.39, 0.29) is 18.6 Å². The molecule has 0 unspecified atom stereocenters. The summed E-state index contributed by atoms with van der Waals surface area (Å²) in [5.74, 6) is -2.23. The molecule has 3 atom stereocenters. The van der Waals surface area contributed by atoms with Crippen LogP contribution in [0.3, 0.4) is 0 Å². The molecule has 10 heteroatoms. The van der Waals surface area contributed by atoms with Crippen molar-refractivity contribution >= 4 is 17.8 Å². The van der Waals surface area contributed by atoms with Crippen molar-refractivity contribution in [1.29, 1.82) is 0 Å². The summed E-state index contributed by atoms with van der Waals surface area (Å²) >= 11 is 0. The summed E-state index contributed by atoms with van der Waals surface area (Å²) in [6, 6.07) is 6.79. The molecule has 2 rings (SSSR count). The fourth-order valence-electron chi connectivity index (χ4n) is 3.62. The number of phenolic OH excluding ortho intramolecular Hbond substituents is 1. The third-order valence-electron chi connectivity index (χ3n) is 5.74. The maximum absolute atomic E-state index is 13.4. The summed E-state index contributed by atoms with van der Waals surface area (Å²) in [5.41, 5.74) is 7.43. The Bertz CT molecular complexity index is 970. The van der Waals surface area contributed by atoms with Gasteiger partial charge in [-0.25, -0.2) is 9.59 Å². The normalized spacial score (nSPS) is 13.6. The van der Waals surface area contributed by atoms with Crippen molar-refractivity contribution in [3.8, 4) is 5.75 Å². The zero-order valence-corrected chi connectivity index (χ0v) is 20.3. The average molecular weight is 487 g/mol. The minimum Gasteiger partial charge on any atom is -0.508 e. The highest BCUT2D eigenvalue weighted by Gasteiger charge is 2.35. The first-order chi connectivity index (χ1) is 16.6. The first-order valence-electron chi connectivity index (χ1n) is 11.5. The number of rotatable bonds is 13. The lowest BCUT2D eigenvalue weighted by atomic mass is 10.0. The summed E-state index contributed by atoms with van der Waals surface area (Å²) in [6.07, 6.45) is 5.27. The van der Waals surface area contributed by atoms with Crippen LogP contribution in [-0.2, 0) is 32.1 Å². The molecular formula is C25H34N4O6. The van der Waals surface area contributed by atoms with Gasteiger partial charge in [-0.2, -0.15) is 0 Å². The molecule has 4 N–H and O–H groups in total. The van der Waals surface area contributed by atoms with Crippen LogP contribution in [0.5, 0.6) is 5.75 Å². The molecule has 1 aromatic carbocycles. The number of likely N-dealkylation sites (N-methyl/N-ethyl adjacent to an activating group) is 2. The van der Waals surface area contributed by atoms with E-state index in [1.54, 1.807) is 36.7 Å². The van der Waals surface area contributed by atoms with Gasteiger partial charge >= 0.3 is 11.9 Å². The van der Waals surface area contributed by atoms with Crippen molar-refractivity contribution in [3.63, 3.8) is 0 Å². The third-order valence-corrected chi connectivity index (χ3v) is 5.74. The van der Waals surface area contributed by atoms with E-state index < -0.39 is 36.0 Å². The predicted molar refractivity (Wildman–Crippen MR) is 129 cm³/mol. The molecule has 0 aliphatic rings. The number of carboxylic acid groups (broad SMARTS) is 1. The Hall–Kier alpha value is -3.50. The van der Waals surface area contributed by atoms with Crippen LogP contribution in [0.4, 0.5) is 0 Å². The maximum atomic E-state index is 13.4. The van der Waals surface area contributed by atoms with Crippen molar-refractivity contribution in [2.45, 2.75) is 57.2 Å². The number of carbonyl (C=O) groups is 3. The average Bonchev–Trinajstić information content (AvgIpc) is 2.84. The standard InChI is InChI=1S/C25H34N4O6/c1-4-5-8-21(23(31)28(2)22(24(32)33)15-18-7-6-13-27-16-18)29(3)35-25(34)20(26)14-17-9-11-19(30)12-10-17/h6-7,9-13,16,20-22,30H,4-5,8,14-15,26H2,1-3H3,(H,32,33)/t20-,21-,22-/m0/s1. The van der Waals surface area contributed by atoms with Crippen molar-refractivity contribution in [1.82, 2.24) is 14.9 Å². The Morgan fingerprint density at radius 3 is 2.31 bits per heavy atom. The minimum absolute atomic E-state index is 0.0902. The molecule has 35 heavy (non-hydrogen) atoms. The van der Waals surface area contributed by atoms with E-state index in [4.69, 9.17) is 10.6 Å². The Kier molecular flexibility index (Phi) is 10.6. The summed E-state index contributed by atoms with van der Waals surface area (Å²) in [5, 5.41) is 20.3. The molecule has 190 valence electrons. The highest BCUT2D eigenvalue weighted by atomic mass is 16.7. The first-order valence-corrected chi connectivity index (χ1v) is 11.5. The van der Waals surface area contributed by atoms with Gasteiger partial charge in [-0.1, -0.05) is 38.0 Å². The van der Waals surface area contributed by atoms with Gasteiger partial charge in [0.1, 0.15) is 23.9 Å². The molecule has 2 aromatic rings. The molecule has 1 heterocycles. The number of nitrogens with two attached hydrogens (primary N) is 1. The van der Waals surface area contributed by atoms with Crippen LogP contribution in [0.25, 0.3) is 0 Å². The van der Waals surface area contributed by atoms with Crippen LogP contribution in [0.1, 0.15) is 37.3 Å². The zero-order valence-electron chi connectivity index (χ0n) is 20.3. The third kappa shape index (κ3) is 8.34. The number of aliphatic carboxylic acids is 1. The van der Waals surface area contributed by atoms with Gasteiger partial charge in [0.2, 0.25) is 5.91 Å². The number of benzene rings is 1. The van der Waals surface area contributed by atoms with E-state index in [1.165, 1.54) is 31.1 Å². The van der Waals surface area contributed by atoms with Gasteiger partial charge in [0.05, 0.1) is 0 Å². The molecule has 10 nitrogen and oxygen atoms in total. The Morgan fingerprint density at radius 2 is 1.74 bits per heavy atom. The number of unbranched alkanes of at least 4 members (excludes halogenated alkanes) is 1. The maximum Gasteiger partial charge on any atom is 0.342 e. The summed E-state index contributed by atoms with van der Waals surface area (Å²) in [7, 11) is 2.90. The van der Waals surface area contributed by atoms with Gasteiger partial charge in [-0.05, 0) is 42.2 Å². The van der Waals surface area contributed by atoms with Crippen molar-refractivity contribution in [2.24, 2.45) is 5.73 Å². The van der Waals surface area contributed by atoms with Crippen LogP contribution < -0.4 is 5.73 Å². The number of hydrogen-bond acceptors (Lipinski definition) is 8. The molecular weight excluding hydrogens is 452 g/mol. The van der Waals surface area contributed by atoms with Gasteiger partial charge in [0.15, 0.2) is 0 Å². The van der Waals surface area contributed by atoms with Gasteiger partial charge in [0.25, 0.3) is 0 Å². The molecule has 0 aliphatic carbocycles. The second-order valence-electron chi connectivity index (χ2n) is 8.46. The smallest absolute Gasteiger partial charge is 0.342 e. The predicted octanol–water partition coefficient (Wildman–Crippen LogP) is 1.76. The fraction of sp³-hybridized carbons (Fsp3) is 0.440.